The molecule has 0 aliphatic heterocycles. The molecule has 3 heteroatoms. The predicted molar refractivity (Wildman–Crippen MR) is 43.4 cm³/mol. The van der Waals surface area contributed by atoms with Crippen molar-refractivity contribution in [1.29, 1.82) is 0 Å². The fourth-order valence-electron chi connectivity index (χ4n) is 1.54. The lowest BCUT2D eigenvalue weighted by molar-refractivity contribution is -0.158. The summed E-state index contributed by atoms with van der Waals surface area (Å²) < 4.78 is 0. The van der Waals surface area contributed by atoms with Crippen LogP contribution in [0.1, 0.15) is 25.7 Å². The number of aliphatic hydroxyl groups is 1. The third kappa shape index (κ3) is 1.77. The molecule has 3 nitrogen and oxygen atoms in total. The summed E-state index contributed by atoms with van der Waals surface area (Å²) in [4.78, 5) is 10.4. The van der Waals surface area contributed by atoms with E-state index in [4.69, 9.17) is 11.5 Å². The van der Waals surface area contributed by atoms with Gasteiger partial charge in [0.25, 0.3) is 0 Å². The molecule has 0 aromatic heterocycles. The Morgan fingerprint density at radius 3 is 2.67 bits per heavy atom. The van der Waals surface area contributed by atoms with Crippen LogP contribution in [0, 0.1) is 18.3 Å². The van der Waals surface area contributed by atoms with E-state index in [9.17, 15) is 9.90 Å². The van der Waals surface area contributed by atoms with Gasteiger partial charge in [0.05, 0.1) is 11.5 Å². The molecule has 0 saturated heterocycles. The normalized spacial score (nSPS) is 33.5. The van der Waals surface area contributed by atoms with Crippen LogP contribution in [0.5, 0.6) is 0 Å². The Hall–Kier alpha value is -1.01. The van der Waals surface area contributed by atoms with Crippen LogP contribution >= 0.6 is 0 Å². The second kappa shape index (κ2) is 3.16. The second-order valence-corrected chi connectivity index (χ2v) is 3.37. The van der Waals surface area contributed by atoms with E-state index >= 15 is 0 Å². The van der Waals surface area contributed by atoms with Crippen molar-refractivity contribution in [2.45, 2.75) is 31.3 Å². The van der Waals surface area contributed by atoms with Crippen molar-refractivity contribution < 1.29 is 15.0 Å². The van der Waals surface area contributed by atoms with Gasteiger partial charge in [-0.25, -0.2) is 0 Å². The summed E-state index contributed by atoms with van der Waals surface area (Å²) in [6, 6.07) is 0. The number of rotatable bonds is 3. The van der Waals surface area contributed by atoms with Gasteiger partial charge in [0.2, 0.25) is 0 Å². The second-order valence-electron chi connectivity index (χ2n) is 3.37. The van der Waals surface area contributed by atoms with E-state index in [1.54, 1.807) is 0 Å². The van der Waals surface area contributed by atoms with E-state index in [1.165, 1.54) is 0 Å². The summed E-state index contributed by atoms with van der Waals surface area (Å²) >= 11 is 0. The molecule has 0 radical (unpaired) electrons. The summed E-state index contributed by atoms with van der Waals surface area (Å²) in [7, 11) is 0. The van der Waals surface area contributed by atoms with Crippen LogP contribution in [0.3, 0.4) is 0 Å². The third-order valence-corrected chi connectivity index (χ3v) is 2.34. The number of aliphatic carboxylic acids is 1. The first-order chi connectivity index (χ1) is 5.57. The van der Waals surface area contributed by atoms with Gasteiger partial charge in [0.15, 0.2) is 0 Å². The molecule has 0 amide bonds. The molecule has 1 aliphatic carbocycles. The maximum Gasteiger partial charge on any atom is 0.306 e. The van der Waals surface area contributed by atoms with Crippen molar-refractivity contribution in [3.8, 4) is 12.3 Å². The fourth-order valence-corrected chi connectivity index (χ4v) is 1.54. The summed E-state index contributed by atoms with van der Waals surface area (Å²) in [6.07, 6.45) is 6.77. The van der Waals surface area contributed by atoms with Crippen LogP contribution in [0.4, 0.5) is 0 Å². The first-order valence-electron chi connectivity index (χ1n) is 3.96. The number of hydrogen-bond donors (Lipinski definition) is 2. The Morgan fingerprint density at radius 1 is 1.67 bits per heavy atom. The van der Waals surface area contributed by atoms with Gasteiger partial charge in [0, 0.05) is 6.42 Å². The van der Waals surface area contributed by atoms with Crippen molar-refractivity contribution in [2.75, 3.05) is 0 Å². The zero-order chi connectivity index (χ0) is 9.19. The molecular weight excluding hydrogens is 156 g/mol. The maximum atomic E-state index is 10.4. The van der Waals surface area contributed by atoms with Gasteiger partial charge < -0.3 is 10.2 Å². The quantitative estimate of drug-likeness (QED) is 0.607. The Kier molecular flexibility index (Phi) is 2.39. The number of terminal acetylenes is 1. The van der Waals surface area contributed by atoms with Crippen LogP contribution < -0.4 is 0 Å². The van der Waals surface area contributed by atoms with E-state index < -0.39 is 11.6 Å². The fraction of sp³-hybridized carbons (Fsp3) is 0.667. The molecule has 0 aromatic carbocycles. The van der Waals surface area contributed by atoms with Gasteiger partial charge in [-0.05, 0) is 19.3 Å². The first-order valence-corrected chi connectivity index (χ1v) is 3.96. The van der Waals surface area contributed by atoms with Crippen molar-refractivity contribution in [1.82, 2.24) is 0 Å². The van der Waals surface area contributed by atoms with E-state index in [-0.39, 0.29) is 5.92 Å². The highest BCUT2D eigenvalue weighted by Crippen LogP contribution is 2.40. The Balaban J connectivity index is 2.31. The predicted octanol–water partition coefficient (Wildman–Crippen LogP) is 0.625. The van der Waals surface area contributed by atoms with Crippen LogP contribution in [0.2, 0.25) is 0 Å². The van der Waals surface area contributed by atoms with Gasteiger partial charge in [0.1, 0.15) is 0 Å². The zero-order valence-electron chi connectivity index (χ0n) is 6.79. The van der Waals surface area contributed by atoms with Crippen LogP contribution in [-0.2, 0) is 4.79 Å². The minimum Gasteiger partial charge on any atom is -0.481 e. The third-order valence-electron chi connectivity index (χ3n) is 2.34. The number of carboxylic acids is 1. The smallest absolute Gasteiger partial charge is 0.306 e. The van der Waals surface area contributed by atoms with Crippen molar-refractivity contribution in [3.63, 3.8) is 0 Å². The summed E-state index contributed by atoms with van der Waals surface area (Å²) in [5, 5.41) is 18.1. The molecule has 1 fully saturated rings. The Bertz CT molecular complexity index is 220. The van der Waals surface area contributed by atoms with E-state index in [0.29, 0.717) is 25.7 Å². The first kappa shape index (κ1) is 9.08. The molecule has 1 aliphatic rings. The van der Waals surface area contributed by atoms with E-state index in [0.717, 1.165) is 0 Å². The lowest BCUT2D eigenvalue weighted by Gasteiger charge is -2.41. The van der Waals surface area contributed by atoms with Crippen LogP contribution in [0.25, 0.3) is 0 Å². The Morgan fingerprint density at radius 2 is 2.25 bits per heavy atom. The minimum absolute atomic E-state index is 0.351. The highest BCUT2D eigenvalue weighted by Gasteiger charge is 2.45. The lowest BCUT2D eigenvalue weighted by Crippen LogP contribution is -2.46. The SMILES string of the molecule is C#CCCC1(O)CC(C(=O)O)C1. The molecule has 1 saturated carbocycles. The van der Waals surface area contributed by atoms with E-state index in [1.807, 2.05) is 0 Å². The highest BCUT2D eigenvalue weighted by molar-refractivity contribution is 5.71. The minimum atomic E-state index is -0.819. The number of hydrogen-bond acceptors (Lipinski definition) is 2. The molecule has 0 heterocycles. The molecule has 12 heavy (non-hydrogen) atoms. The summed E-state index contributed by atoms with van der Waals surface area (Å²) in [5.41, 5.74) is -0.796. The average molecular weight is 168 g/mol. The molecule has 0 spiro atoms. The molecule has 1 rings (SSSR count). The highest BCUT2D eigenvalue weighted by atomic mass is 16.4. The standard InChI is InChI=1S/C9H12O3/c1-2-3-4-9(12)5-7(6-9)8(10)11/h1,7,12H,3-6H2,(H,10,11). The van der Waals surface area contributed by atoms with E-state index in [2.05, 4.69) is 5.92 Å². The summed E-state index contributed by atoms with van der Waals surface area (Å²) in [6.45, 7) is 0. The molecule has 0 bridgehead atoms. The van der Waals surface area contributed by atoms with Gasteiger partial charge in [-0.1, -0.05) is 0 Å². The molecule has 66 valence electrons. The zero-order valence-corrected chi connectivity index (χ0v) is 6.79. The maximum absolute atomic E-state index is 10.4. The molecule has 2 N–H and O–H groups in total. The monoisotopic (exact) mass is 168 g/mol. The lowest BCUT2D eigenvalue weighted by atomic mass is 9.69. The largest absolute Gasteiger partial charge is 0.481 e. The molecular formula is C9H12O3. The molecule has 0 unspecified atom stereocenters. The summed E-state index contributed by atoms with van der Waals surface area (Å²) in [5.74, 6) is 1.24. The average Bonchev–Trinajstić information content (AvgIpc) is 1.95. The Labute approximate surface area is 71.4 Å². The van der Waals surface area contributed by atoms with Crippen LogP contribution in [-0.4, -0.2) is 21.8 Å². The van der Waals surface area contributed by atoms with Gasteiger partial charge in [-0.2, -0.15) is 0 Å². The number of carboxylic acid groups (broad SMARTS) is 1. The van der Waals surface area contributed by atoms with Gasteiger partial charge in [-0.15, -0.1) is 12.3 Å². The molecule has 0 aromatic rings. The van der Waals surface area contributed by atoms with Crippen molar-refractivity contribution >= 4 is 5.97 Å². The van der Waals surface area contributed by atoms with Crippen molar-refractivity contribution in [2.24, 2.45) is 5.92 Å². The van der Waals surface area contributed by atoms with Gasteiger partial charge >= 0.3 is 5.97 Å². The molecule has 0 atom stereocenters. The van der Waals surface area contributed by atoms with Crippen molar-refractivity contribution in [3.05, 3.63) is 0 Å². The van der Waals surface area contributed by atoms with Gasteiger partial charge in [-0.3, -0.25) is 4.79 Å². The number of carbonyl (C=O) groups is 1. The van der Waals surface area contributed by atoms with Crippen LogP contribution in [0.15, 0.2) is 0 Å². The topological polar surface area (TPSA) is 57.5 Å².